The third-order valence-electron chi connectivity index (χ3n) is 8.10. The third-order valence-corrected chi connectivity index (χ3v) is 10.3. The summed E-state index contributed by atoms with van der Waals surface area (Å²) in [5.74, 6) is -3.84. The van der Waals surface area contributed by atoms with Gasteiger partial charge in [-0.15, -0.1) is 0 Å². The van der Waals surface area contributed by atoms with Crippen molar-refractivity contribution in [2.45, 2.75) is 42.0 Å². The maximum atomic E-state index is 14.2. The molecule has 1 fully saturated rings. The standard InChI is InChI=1S/C30H21F6N3O3S/c31-20-2-4-21(5-3-20)39-27-12-18-1-6-23(43(41,42)22-7-8-24(32)25(33)13-22)15-29(18,14-17(27)16-38-39)28(40)26-11-19(9-10-37-26)30(34,35)36/h2-5,7-13,16,23H,1,6,14-15H2/t23-,29-/m0/s1. The number of halogens is 6. The van der Waals surface area contributed by atoms with E-state index in [1.54, 1.807) is 6.08 Å². The van der Waals surface area contributed by atoms with Crippen molar-refractivity contribution >= 4 is 21.7 Å². The fraction of sp³-hybridized carbons (Fsp3) is 0.233. The van der Waals surface area contributed by atoms with Crippen LogP contribution in [0.3, 0.4) is 0 Å². The van der Waals surface area contributed by atoms with Crippen molar-refractivity contribution in [3.8, 4) is 5.69 Å². The van der Waals surface area contributed by atoms with E-state index in [1.165, 1.54) is 35.1 Å². The van der Waals surface area contributed by atoms with Crippen LogP contribution < -0.4 is 0 Å². The lowest BCUT2D eigenvalue weighted by Gasteiger charge is -2.43. The molecule has 0 spiro atoms. The Morgan fingerprint density at radius 3 is 2.42 bits per heavy atom. The maximum absolute atomic E-state index is 14.2. The van der Waals surface area contributed by atoms with Crippen molar-refractivity contribution in [1.29, 1.82) is 0 Å². The van der Waals surface area contributed by atoms with Gasteiger partial charge in [-0.3, -0.25) is 9.78 Å². The molecule has 1 saturated carbocycles. The molecule has 2 heterocycles. The number of aromatic nitrogens is 3. The molecule has 0 N–H and O–H groups in total. The quantitative estimate of drug-likeness (QED) is 0.144. The molecule has 2 aromatic heterocycles. The predicted molar refractivity (Wildman–Crippen MR) is 142 cm³/mol. The third kappa shape index (κ3) is 4.94. The van der Waals surface area contributed by atoms with Crippen LogP contribution >= 0.6 is 0 Å². The summed E-state index contributed by atoms with van der Waals surface area (Å²) < 4.78 is 111. The molecule has 0 bridgehead atoms. The molecule has 222 valence electrons. The highest BCUT2D eigenvalue weighted by atomic mass is 32.2. The number of carbonyl (C=O) groups excluding carboxylic acids is 1. The van der Waals surface area contributed by atoms with E-state index in [4.69, 9.17) is 0 Å². The van der Waals surface area contributed by atoms with Gasteiger partial charge in [0, 0.05) is 6.20 Å². The minimum absolute atomic E-state index is 0.0121. The van der Waals surface area contributed by atoms with Crippen LogP contribution in [0.5, 0.6) is 0 Å². The number of hydrogen-bond donors (Lipinski definition) is 0. The zero-order valence-electron chi connectivity index (χ0n) is 22.1. The van der Waals surface area contributed by atoms with Gasteiger partial charge < -0.3 is 0 Å². The van der Waals surface area contributed by atoms with Crippen LogP contribution in [0, 0.1) is 22.9 Å². The SMILES string of the molecule is O=C(c1cc(C(F)(F)F)ccn1)[C@]12Cc3cnn(-c4ccc(F)cc4)c3C=C1CC[C@H](S(=O)(=O)c1ccc(F)c(F)c1)C2. The number of fused-ring (bicyclic) bond motifs is 2. The van der Waals surface area contributed by atoms with E-state index in [9.17, 15) is 39.6 Å². The van der Waals surface area contributed by atoms with E-state index in [-0.39, 0.29) is 25.7 Å². The van der Waals surface area contributed by atoms with Gasteiger partial charge in [0.05, 0.1) is 38.7 Å². The second kappa shape index (κ2) is 10.2. The fourth-order valence-corrected chi connectivity index (χ4v) is 7.78. The number of sulfone groups is 1. The monoisotopic (exact) mass is 617 g/mol. The number of alkyl halides is 3. The van der Waals surface area contributed by atoms with E-state index in [0.29, 0.717) is 40.7 Å². The highest BCUT2D eigenvalue weighted by Gasteiger charge is 2.52. The summed E-state index contributed by atoms with van der Waals surface area (Å²) in [7, 11) is -4.30. The largest absolute Gasteiger partial charge is 0.416 e. The van der Waals surface area contributed by atoms with Crippen LogP contribution in [0.15, 0.2) is 77.5 Å². The van der Waals surface area contributed by atoms with Crippen LogP contribution in [0.4, 0.5) is 26.3 Å². The van der Waals surface area contributed by atoms with Crippen molar-refractivity contribution in [3.63, 3.8) is 0 Å². The molecule has 0 saturated heterocycles. The molecule has 4 aromatic rings. The lowest BCUT2D eigenvalue weighted by Crippen LogP contribution is -2.46. The number of carbonyl (C=O) groups is 1. The number of allylic oxidation sites excluding steroid dienone is 1. The average Bonchev–Trinajstić information content (AvgIpc) is 3.38. The van der Waals surface area contributed by atoms with Gasteiger partial charge in [0.1, 0.15) is 11.5 Å². The molecule has 2 aliphatic rings. The van der Waals surface area contributed by atoms with E-state index in [2.05, 4.69) is 10.1 Å². The number of ketones is 1. The molecule has 2 aliphatic carbocycles. The molecule has 0 unspecified atom stereocenters. The fourth-order valence-electron chi connectivity index (χ4n) is 5.94. The molecule has 13 heteroatoms. The first-order chi connectivity index (χ1) is 20.3. The summed E-state index contributed by atoms with van der Waals surface area (Å²) in [5, 5.41) is 3.14. The summed E-state index contributed by atoms with van der Waals surface area (Å²) in [4.78, 5) is 17.7. The number of nitrogens with zero attached hydrogens (tertiary/aromatic N) is 3. The number of rotatable bonds is 5. The molecule has 6 rings (SSSR count). The van der Waals surface area contributed by atoms with E-state index in [1.807, 2.05) is 0 Å². The summed E-state index contributed by atoms with van der Waals surface area (Å²) in [6.45, 7) is 0. The highest BCUT2D eigenvalue weighted by Crippen LogP contribution is 2.52. The average molecular weight is 618 g/mol. The first-order valence-corrected chi connectivity index (χ1v) is 14.7. The Hall–Kier alpha value is -4.26. The maximum Gasteiger partial charge on any atom is 0.416 e. The first-order valence-electron chi connectivity index (χ1n) is 13.1. The van der Waals surface area contributed by atoms with Gasteiger partial charge in [-0.1, -0.05) is 5.57 Å². The van der Waals surface area contributed by atoms with Gasteiger partial charge in [0.2, 0.25) is 0 Å². The number of hydrogen-bond acceptors (Lipinski definition) is 5. The Labute approximate surface area is 241 Å². The van der Waals surface area contributed by atoms with Crippen molar-refractivity contribution in [1.82, 2.24) is 14.8 Å². The number of Topliss-reactive ketones (excluding diaryl/α,β-unsaturated/α-hetero) is 1. The minimum Gasteiger partial charge on any atom is -0.291 e. The Balaban J connectivity index is 1.47. The van der Waals surface area contributed by atoms with Crippen molar-refractivity contribution in [2.75, 3.05) is 0 Å². The number of benzene rings is 2. The van der Waals surface area contributed by atoms with E-state index in [0.717, 1.165) is 18.3 Å². The Kier molecular flexibility index (Phi) is 6.83. The molecule has 0 amide bonds. The zero-order valence-corrected chi connectivity index (χ0v) is 22.9. The van der Waals surface area contributed by atoms with Crippen molar-refractivity contribution in [2.24, 2.45) is 5.41 Å². The van der Waals surface area contributed by atoms with Crippen LogP contribution in [-0.4, -0.2) is 34.2 Å². The lowest BCUT2D eigenvalue weighted by molar-refractivity contribution is -0.137. The smallest absolute Gasteiger partial charge is 0.291 e. The van der Waals surface area contributed by atoms with Gasteiger partial charge in [-0.05, 0) is 91.9 Å². The van der Waals surface area contributed by atoms with E-state index >= 15 is 0 Å². The second-order valence-electron chi connectivity index (χ2n) is 10.6. The number of pyridine rings is 1. The Bertz CT molecular complexity index is 1900. The predicted octanol–water partition coefficient (Wildman–Crippen LogP) is 6.54. The zero-order chi connectivity index (χ0) is 30.7. The van der Waals surface area contributed by atoms with Crippen LogP contribution in [0.25, 0.3) is 11.8 Å². The van der Waals surface area contributed by atoms with Gasteiger partial charge >= 0.3 is 6.18 Å². The van der Waals surface area contributed by atoms with Crippen molar-refractivity contribution < 1.29 is 39.6 Å². The highest BCUT2D eigenvalue weighted by molar-refractivity contribution is 7.92. The summed E-state index contributed by atoms with van der Waals surface area (Å²) in [6, 6.07) is 9.09. The molecule has 6 nitrogen and oxygen atoms in total. The summed E-state index contributed by atoms with van der Waals surface area (Å²) in [6.07, 6.45) is -1.11. The topological polar surface area (TPSA) is 81.9 Å². The lowest BCUT2D eigenvalue weighted by atomic mass is 9.61. The first kappa shape index (κ1) is 28.8. The molecule has 0 aliphatic heterocycles. The van der Waals surface area contributed by atoms with Gasteiger partial charge in [-0.2, -0.15) is 18.3 Å². The normalized spacial score (nSPS) is 20.2. The summed E-state index contributed by atoms with van der Waals surface area (Å²) in [5.41, 5.74) is -1.12. The second-order valence-corrected chi connectivity index (χ2v) is 12.8. The van der Waals surface area contributed by atoms with Gasteiger partial charge in [0.15, 0.2) is 27.3 Å². The molecule has 2 atom stereocenters. The van der Waals surface area contributed by atoms with Crippen LogP contribution in [0.2, 0.25) is 0 Å². The molecule has 0 radical (unpaired) electrons. The molecule has 2 aromatic carbocycles. The molecular formula is C30H21F6N3O3S. The molecule has 43 heavy (non-hydrogen) atoms. The van der Waals surface area contributed by atoms with Crippen molar-refractivity contribution in [3.05, 3.63) is 113 Å². The molecular weight excluding hydrogens is 596 g/mol. The Morgan fingerprint density at radius 2 is 1.72 bits per heavy atom. The van der Waals surface area contributed by atoms with Crippen LogP contribution in [0.1, 0.15) is 46.6 Å². The van der Waals surface area contributed by atoms with E-state index < -0.39 is 66.1 Å². The minimum atomic E-state index is -4.75. The van der Waals surface area contributed by atoms with Gasteiger partial charge in [0.25, 0.3) is 0 Å². The summed E-state index contributed by atoms with van der Waals surface area (Å²) >= 11 is 0. The van der Waals surface area contributed by atoms with Crippen LogP contribution in [-0.2, 0) is 22.4 Å². The Morgan fingerprint density at radius 1 is 0.977 bits per heavy atom. The van der Waals surface area contributed by atoms with Gasteiger partial charge in [-0.25, -0.2) is 26.3 Å².